The quantitative estimate of drug-likeness (QED) is 0.713. The van der Waals surface area contributed by atoms with Crippen molar-refractivity contribution in [3.05, 3.63) is 0 Å². The first kappa shape index (κ1) is 12.9. The molecule has 0 aromatic rings. The van der Waals surface area contributed by atoms with Crippen LogP contribution < -0.4 is 4.72 Å². The molecule has 2 N–H and O–H groups in total. The molecule has 6 heteroatoms. The molecule has 1 rings (SSSR count). The van der Waals surface area contributed by atoms with E-state index in [1.807, 2.05) is 13.8 Å². The van der Waals surface area contributed by atoms with Crippen LogP contribution in [0.3, 0.4) is 0 Å². The van der Waals surface area contributed by atoms with Gasteiger partial charge in [0.2, 0.25) is 10.0 Å². The van der Waals surface area contributed by atoms with Crippen LogP contribution in [0.25, 0.3) is 0 Å². The fourth-order valence-electron chi connectivity index (χ4n) is 1.77. The molecule has 0 amide bonds. The standard InChI is InChI=1S/C9H19NO4S/c1-9(2)7-8(3-5-14-9)10-15(12,13)6-4-11/h8,10-11H,3-7H2,1-2H3. The van der Waals surface area contributed by atoms with E-state index in [0.717, 1.165) is 0 Å². The first-order valence-electron chi connectivity index (χ1n) is 5.09. The number of rotatable bonds is 4. The van der Waals surface area contributed by atoms with Crippen molar-refractivity contribution >= 4 is 10.0 Å². The second-order valence-corrected chi connectivity index (χ2v) is 6.33. The van der Waals surface area contributed by atoms with Crippen LogP contribution in [0.15, 0.2) is 0 Å². The maximum atomic E-state index is 11.4. The van der Waals surface area contributed by atoms with Gasteiger partial charge in [0.05, 0.1) is 18.0 Å². The molecular weight excluding hydrogens is 218 g/mol. The monoisotopic (exact) mass is 237 g/mol. The molecule has 1 unspecified atom stereocenters. The fourth-order valence-corrected chi connectivity index (χ4v) is 2.83. The Kier molecular flexibility index (Phi) is 4.11. The maximum Gasteiger partial charge on any atom is 0.214 e. The second kappa shape index (κ2) is 4.78. The Morgan fingerprint density at radius 1 is 1.53 bits per heavy atom. The van der Waals surface area contributed by atoms with Crippen molar-refractivity contribution in [2.45, 2.75) is 38.3 Å². The minimum absolute atomic E-state index is 0.0784. The molecule has 0 aromatic carbocycles. The molecule has 1 fully saturated rings. The molecular formula is C9H19NO4S. The van der Waals surface area contributed by atoms with Crippen LogP contribution in [-0.2, 0) is 14.8 Å². The van der Waals surface area contributed by atoms with E-state index >= 15 is 0 Å². The lowest BCUT2D eigenvalue weighted by Crippen LogP contribution is -2.46. The van der Waals surface area contributed by atoms with E-state index < -0.39 is 10.0 Å². The molecule has 0 spiro atoms. The molecule has 5 nitrogen and oxygen atoms in total. The van der Waals surface area contributed by atoms with E-state index in [-0.39, 0.29) is 24.0 Å². The molecule has 0 aliphatic carbocycles. The summed E-state index contributed by atoms with van der Waals surface area (Å²) in [4.78, 5) is 0. The fraction of sp³-hybridized carbons (Fsp3) is 1.00. The van der Waals surface area contributed by atoms with Crippen molar-refractivity contribution in [2.24, 2.45) is 0 Å². The Labute approximate surface area is 90.9 Å². The lowest BCUT2D eigenvalue weighted by molar-refractivity contribution is -0.0599. The third-order valence-electron chi connectivity index (χ3n) is 2.40. The third kappa shape index (κ3) is 4.46. The molecule has 0 bridgehead atoms. The van der Waals surface area contributed by atoms with Gasteiger partial charge in [-0.3, -0.25) is 0 Å². The number of aliphatic hydroxyl groups excluding tert-OH is 1. The summed E-state index contributed by atoms with van der Waals surface area (Å²) in [6.45, 7) is 4.11. The maximum absolute atomic E-state index is 11.4. The van der Waals surface area contributed by atoms with Gasteiger partial charge in [-0.25, -0.2) is 13.1 Å². The van der Waals surface area contributed by atoms with Crippen LogP contribution in [0, 0.1) is 0 Å². The molecule has 1 atom stereocenters. The number of ether oxygens (including phenoxy) is 1. The van der Waals surface area contributed by atoms with Gasteiger partial charge >= 0.3 is 0 Å². The van der Waals surface area contributed by atoms with Crippen molar-refractivity contribution in [1.29, 1.82) is 0 Å². The highest BCUT2D eigenvalue weighted by Gasteiger charge is 2.30. The summed E-state index contributed by atoms with van der Waals surface area (Å²) in [7, 11) is -3.34. The van der Waals surface area contributed by atoms with Crippen LogP contribution in [0.1, 0.15) is 26.7 Å². The molecule has 90 valence electrons. The smallest absolute Gasteiger partial charge is 0.214 e. The summed E-state index contributed by atoms with van der Waals surface area (Å²) >= 11 is 0. The van der Waals surface area contributed by atoms with Gasteiger partial charge in [0.15, 0.2) is 0 Å². The number of hydrogen-bond acceptors (Lipinski definition) is 4. The van der Waals surface area contributed by atoms with Crippen LogP contribution in [-0.4, -0.2) is 44.1 Å². The van der Waals surface area contributed by atoms with Gasteiger partial charge in [0.25, 0.3) is 0 Å². The zero-order valence-corrected chi connectivity index (χ0v) is 10.0. The molecule has 15 heavy (non-hydrogen) atoms. The second-order valence-electron chi connectivity index (χ2n) is 4.46. The first-order chi connectivity index (χ1) is 6.85. The summed E-state index contributed by atoms with van der Waals surface area (Å²) in [5, 5.41) is 8.59. The van der Waals surface area contributed by atoms with Crippen LogP contribution in [0.2, 0.25) is 0 Å². The molecule has 1 aliphatic heterocycles. The SMILES string of the molecule is CC1(C)CC(NS(=O)(=O)CCO)CCO1. The highest BCUT2D eigenvalue weighted by Crippen LogP contribution is 2.24. The number of sulfonamides is 1. The summed E-state index contributed by atoms with van der Waals surface area (Å²) in [6, 6.07) is -0.0784. The average Bonchev–Trinajstić information content (AvgIpc) is 1.99. The van der Waals surface area contributed by atoms with Crippen LogP contribution in [0.5, 0.6) is 0 Å². The minimum atomic E-state index is -3.34. The van der Waals surface area contributed by atoms with E-state index in [4.69, 9.17) is 9.84 Å². The number of hydrogen-bond donors (Lipinski definition) is 2. The zero-order chi connectivity index (χ0) is 11.5. The molecule has 1 saturated heterocycles. The predicted molar refractivity (Wildman–Crippen MR) is 57.1 cm³/mol. The third-order valence-corrected chi connectivity index (χ3v) is 3.82. The van der Waals surface area contributed by atoms with Crippen molar-refractivity contribution in [1.82, 2.24) is 4.72 Å². The highest BCUT2D eigenvalue weighted by molar-refractivity contribution is 7.89. The van der Waals surface area contributed by atoms with Crippen molar-refractivity contribution < 1.29 is 18.3 Å². The predicted octanol–water partition coefficient (Wildman–Crippen LogP) is -0.144. The van der Waals surface area contributed by atoms with Crippen molar-refractivity contribution in [3.63, 3.8) is 0 Å². The molecule has 1 aliphatic rings. The van der Waals surface area contributed by atoms with Gasteiger partial charge in [0, 0.05) is 12.6 Å². The Bertz CT molecular complexity index is 299. The van der Waals surface area contributed by atoms with E-state index in [1.165, 1.54) is 0 Å². The van der Waals surface area contributed by atoms with Crippen molar-refractivity contribution in [3.8, 4) is 0 Å². The summed E-state index contributed by atoms with van der Waals surface area (Å²) < 4.78 is 30.9. The highest BCUT2D eigenvalue weighted by atomic mass is 32.2. The Hall–Kier alpha value is -0.170. The van der Waals surface area contributed by atoms with Gasteiger partial charge in [-0.2, -0.15) is 0 Å². The van der Waals surface area contributed by atoms with Gasteiger partial charge in [-0.15, -0.1) is 0 Å². The minimum Gasteiger partial charge on any atom is -0.395 e. The van der Waals surface area contributed by atoms with Gasteiger partial charge in [-0.1, -0.05) is 0 Å². The molecule has 0 aromatic heterocycles. The van der Waals surface area contributed by atoms with Crippen LogP contribution in [0.4, 0.5) is 0 Å². The van der Waals surface area contributed by atoms with Crippen molar-refractivity contribution in [2.75, 3.05) is 19.0 Å². The summed E-state index contributed by atoms with van der Waals surface area (Å²) in [5.41, 5.74) is -0.273. The zero-order valence-electron chi connectivity index (χ0n) is 9.19. The Balaban J connectivity index is 2.52. The van der Waals surface area contributed by atoms with Gasteiger partial charge < -0.3 is 9.84 Å². The normalized spacial score (nSPS) is 26.5. The van der Waals surface area contributed by atoms with Crippen LogP contribution >= 0.6 is 0 Å². The number of nitrogens with one attached hydrogen (secondary N) is 1. The van der Waals surface area contributed by atoms with E-state index in [2.05, 4.69) is 4.72 Å². The van der Waals surface area contributed by atoms with E-state index in [1.54, 1.807) is 0 Å². The lowest BCUT2D eigenvalue weighted by atomic mass is 9.95. The largest absolute Gasteiger partial charge is 0.395 e. The average molecular weight is 237 g/mol. The first-order valence-corrected chi connectivity index (χ1v) is 6.75. The molecule has 0 radical (unpaired) electrons. The molecule has 0 saturated carbocycles. The topological polar surface area (TPSA) is 75.6 Å². The van der Waals surface area contributed by atoms with Gasteiger partial charge in [0.1, 0.15) is 0 Å². The Morgan fingerprint density at radius 3 is 2.73 bits per heavy atom. The lowest BCUT2D eigenvalue weighted by Gasteiger charge is -2.35. The van der Waals surface area contributed by atoms with E-state index in [9.17, 15) is 8.42 Å². The summed E-state index contributed by atoms with van der Waals surface area (Å²) in [5.74, 6) is -0.231. The van der Waals surface area contributed by atoms with E-state index in [0.29, 0.717) is 19.4 Å². The number of aliphatic hydroxyl groups is 1. The summed E-state index contributed by atoms with van der Waals surface area (Å²) in [6.07, 6.45) is 1.35. The molecule has 1 heterocycles. The Morgan fingerprint density at radius 2 is 2.20 bits per heavy atom. The van der Waals surface area contributed by atoms with Gasteiger partial charge in [-0.05, 0) is 26.7 Å².